The van der Waals surface area contributed by atoms with Crippen LogP contribution in [0.2, 0.25) is 5.02 Å². The molecule has 0 radical (unpaired) electrons. The molecule has 6 heteroatoms. The number of benzene rings is 2. The van der Waals surface area contributed by atoms with E-state index in [1.807, 2.05) is 22.6 Å². The van der Waals surface area contributed by atoms with Crippen LogP contribution in [0.3, 0.4) is 0 Å². The normalized spacial score (nSPS) is 10.3. The number of carbonyl (C=O) groups excluding carboxylic acids is 1. The number of halogens is 3. The number of amides is 1. The van der Waals surface area contributed by atoms with Crippen LogP contribution in [-0.4, -0.2) is 5.91 Å². The summed E-state index contributed by atoms with van der Waals surface area (Å²) in [6.45, 7) is 0. The summed E-state index contributed by atoms with van der Waals surface area (Å²) >= 11 is 12.0. The van der Waals surface area contributed by atoms with E-state index in [0.29, 0.717) is 15.6 Å². The van der Waals surface area contributed by atoms with Crippen molar-refractivity contribution in [3.8, 4) is 0 Å². The van der Waals surface area contributed by atoms with Gasteiger partial charge >= 0.3 is 0 Å². The summed E-state index contributed by atoms with van der Waals surface area (Å²) in [5.74, 6) is -1.10. The van der Waals surface area contributed by atoms with Crippen molar-refractivity contribution < 1.29 is 9.18 Å². The highest BCUT2D eigenvalue weighted by atomic mass is 127. The molecule has 0 saturated heterocycles. The van der Waals surface area contributed by atoms with Gasteiger partial charge in [-0.25, -0.2) is 4.39 Å². The van der Waals surface area contributed by atoms with Crippen LogP contribution in [0.1, 0.15) is 10.4 Å². The maximum Gasteiger partial charge on any atom is 0.258 e. The molecule has 0 atom stereocenters. The van der Waals surface area contributed by atoms with Crippen molar-refractivity contribution in [2.24, 2.45) is 0 Å². The highest BCUT2D eigenvalue weighted by molar-refractivity contribution is 14.1. The molecule has 2 nitrogen and oxygen atoms in total. The van der Waals surface area contributed by atoms with Crippen molar-refractivity contribution >= 4 is 58.4 Å². The molecule has 0 saturated carbocycles. The van der Waals surface area contributed by atoms with E-state index in [-0.39, 0.29) is 5.56 Å². The van der Waals surface area contributed by atoms with Gasteiger partial charge in [-0.15, -0.1) is 12.6 Å². The van der Waals surface area contributed by atoms with Crippen LogP contribution in [0.4, 0.5) is 10.1 Å². The van der Waals surface area contributed by atoms with E-state index >= 15 is 0 Å². The Labute approximate surface area is 133 Å². The SMILES string of the molecule is O=C(Nc1ccc(Cl)cc1I)c1cc(S)ccc1F. The van der Waals surface area contributed by atoms with Gasteiger partial charge < -0.3 is 5.32 Å². The van der Waals surface area contributed by atoms with E-state index in [1.165, 1.54) is 18.2 Å². The minimum Gasteiger partial charge on any atom is -0.321 e. The van der Waals surface area contributed by atoms with Gasteiger partial charge in [0.05, 0.1) is 11.3 Å². The lowest BCUT2D eigenvalue weighted by atomic mass is 10.2. The molecule has 0 aliphatic carbocycles. The largest absolute Gasteiger partial charge is 0.321 e. The van der Waals surface area contributed by atoms with E-state index < -0.39 is 11.7 Å². The fourth-order valence-corrected chi connectivity index (χ4v) is 2.68. The van der Waals surface area contributed by atoms with Gasteiger partial charge in [0.15, 0.2) is 0 Å². The summed E-state index contributed by atoms with van der Waals surface area (Å²) in [5, 5.41) is 3.22. The fourth-order valence-electron chi connectivity index (χ4n) is 1.47. The highest BCUT2D eigenvalue weighted by Crippen LogP contribution is 2.23. The summed E-state index contributed by atoms with van der Waals surface area (Å²) in [6, 6.07) is 9.13. The van der Waals surface area contributed by atoms with Gasteiger partial charge in [-0.1, -0.05) is 11.6 Å². The van der Waals surface area contributed by atoms with Gasteiger partial charge in [-0.05, 0) is 59.0 Å². The molecule has 0 spiro atoms. The van der Waals surface area contributed by atoms with Gasteiger partial charge in [0.2, 0.25) is 0 Å². The van der Waals surface area contributed by atoms with Crippen LogP contribution in [0, 0.1) is 9.39 Å². The third-order valence-electron chi connectivity index (χ3n) is 2.37. The highest BCUT2D eigenvalue weighted by Gasteiger charge is 2.13. The van der Waals surface area contributed by atoms with Gasteiger partial charge in [0.25, 0.3) is 5.91 Å². The van der Waals surface area contributed by atoms with E-state index in [0.717, 1.165) is 3.57 Å². The molecule has 0 heterocycles. The molecule has 2 aromatic carbocycles. The van der Waals surface area contributed by atoms with Crippen LogP contribution in [0.15, 0.2) is 41.3 Å². The second kappa shape index (κ2) is 6.11. The molecule has 0 aliphatic rings. The molecular formula is C13H8ClFINOS. The zero-order valence-electron chi connectivity index (χ0n) is 9.45. The zero-order valence-corrected chi connectivity index (χ0v) is 13.3. The smallest absolute Gasteiger partial charge is 0.258 e. The molecule has 0 aromatic heterocycles. The van der Waals surface area contributed by atoms with Crippen molar-refractivity contribution in [1.82, 2.24) is 0 Å². The first kappa shape index (κ1) is 14.6. The minimum atomic E-state index is -0.584. The second-order valence-electron chi connectivity index (χ2n) is 3.74. The fraction of sp³-hybridized carbons (Fsp3) is 0. The van der Waals surface area contributed by atoms with Crippen molar-refractivity contribution in [3.63, 3.8) is 0 Å². The average molecular weight is 408 g/mol. The Bertz CT molecular complexity index is 651. The number of nitrogens with one attached hydrogen (secondary N) is 1. The van der Waals surface area contributed by atoms with E-state index in [9.17, 15) is 9.18 Å². The van der Waals surface area contributed by atoms with Crippen LogP contribution in [-0.2, 0) is 0 Å². The predicted octanol–water partition coefficient (Wildman–Crippen LogP) is 4.62. The number of carbonyl (C=O) groups is 1. The topological polar surface area (TPSA) is 29.1 Å². The molecule has 1 amide bonds. The van der Waals surface area contributed by atoms with E-state index in [2.05, 4.69) is 17.9 Å². The maximum absolute atomic E-state index is 13.6. The summed E-state index contributed by atoms with van der Waals surface area (Å²) in [5.41, 5.74) is 0.539. The molecule has 2 rings (SSSR count). The lowest BCUT2D eigenvalue weighted by Crippen LogP contribution is -2.14. The lowest BCUT2D eigenvalue weighted by Gasteiger charge is -2.08. The number of hydrogen-bond acceptors (Lipinski definition) is 2. The quantitative estimate of drug-likeness (QED) is 0.552. The van der Waals surface area contributed by atoms with Crippen LogP contribution in [0.25, 0.3) is 0 Å². The molecule has 0 bridgehead atoms. The van der Waals surface area contributed by atoms with Gasteiger partial charge in [-0.3, -0.25) is 4.79 Å². The van der Waals surface area contributed by atoms with Gasteiger partial charge in [0.1, 0.15) is 5.82 Å². The molecule has 98 valence electrons. The predicted molar refractivity (Wildman–Crippen MR) is 85.8 cm³/mol. The van der Waals surface area contributed by atoms with Gasteiger partial charge in [-0.2, -0.15) is 0 Å². The Morgan fingerprint density at radius 3 is 2.68 bits per heavy atom. The van der Waals surface area contributed by atoms with E-state index in [4.69, 9.17) is 11.6 Å². The van der Waals surface area contributed by atoms with Crippen LogP contribution in [0.5, 0.6) is 0 Å². The van der Waals surface area contributed by atoms with Crippen molar-refractivity contribution in [2.75, 3.05) is 5.32 Å². The van der Waals surface area contributed by atoms with Crippen molar-refractivity contribution in [3.05, 3.63) is 56.4 Å². The Hall–Kier alpha value is -0.790. The first-order valence-electron chi connectivity index (χ1n) is 5.22. The second-order valence-corrected chi connectivity index (χ2v) is 5.86. The molecule has 19 heavy (non-hydrogen) atoms. The Morgan fingerprint density at radius 2 is 2.00 bits per heavy atom. The zero-order chi connectivity index (χ0) is 14.0. The molecule has 1 N–H and O–H groups in total. The standard InChI is InChI=1S/C13H8ClFINOS/c14-7-1-4-12(11(16)5-7)17-13(18)9-6-8(19)2-3-10(9)15/h1-6,19H,(H,17,18). The third kappa shape index (κ3) is 3.61. The Kier molecular flexibility index (Phi) is 4.70. The molecule has 0 aliphatic heterocycles. The first-order chi connectivity index (χ1) is 8.97. The number of thiol groups is 1. The van der Waals surface area contributed by atoms with Crippen LogP contribution >= 0.6 is 46.8 Å². The molecule has 0 unspecified atom stereocenters. The molecule has 0 fully saturated rings. The average Bonchev–Trinajstić information content (AvgIpc) is 2.35. The number of rotatable bonds is 2. The summed E-state index contributed by atoms with van der Waals surface area (Å²) in [7, 11) is 0. The molecular weight excluding hydrogens is 400 g/mol. The Morgan fingerprint density at radius 1 is 1.26 bits per heavy atom. The third-order valence-corrected chi connectivity index (χ3v) is 3.78. The Balaban J connectivity index is 2.28. The summed E-state index contributed by atoms with van der Waals surface area (Å²) < 4.78 is 14.3. The van der Waals surface area contributed by atoms with Crippen molar-refractivity contribution in [1.29, 1.82) is 0 Å². The lowest BCUT2D eigenvalue weighted by molar-refractivity contribution is 0.102. The summed E-state index contributed by atoms with van der Waals surface area (Å²) in [6.07, 6.45) is 0. The van der Waals surface area contributed by atoms with E-state index in [1.54, 1.807) is 18.2 Å². The summed E-state index contributed by atoms with van der Waals surface area (Å²) in [4.78, 5) is 12.5. The maximum atomic E-state index is 13.6. The minimum absolute atomic E-state index is 0.0433. The van der Waals surface area contributed by atoms with Crippen molar-refractivity contribution in [2.45, 2.75) is 4.90 Å². The van der Waals surface area contributed by atoms with Crippen LogP contribution < -0.4 is 5.32 Å². The first-order valence-corrected chi connectivity index (χ1v) is 7.12. The monoisotopic (exact) mass is 407 g/mol. The number of hydrogen-bond donors (Lipinski definition) is 2. The molecule has 2 aromatic rings. The van der Waals surface area contributed by atoms with Gasteiger partial charge in [0, 0.05) is 13.5 Å². The number of anilines is 1.